The van der Waals surface area contributed by atoms with Gasteiger partial charge in [-0.15, -0.1) is 0 Å². The van der Waals surface area contributed by atoms with E-state index in [1.807, 2.05) is 4.90 Å². The fraction of sp³-hybridized carbons (Fsp3) is 0.667. The molecular weight excluding hydrogens is 320 g/mol. The molecule has 1 saturated heterocycles. The minimum absolute atomic E-state index is 0.00631. The Morgan fingerprint density at radius 1 is 1.12 bits per heavy atom. The molecule has 2 heterocycles. The molecule has 0 aromatic carbocycles. The molecule has 25 heavy (non-hydrogen) atoms. The van der Waals surface area contributed by atoms with Crippen molar-refractivity contribution < 1.29 is 9.59 Å². The molecule has 1 unspecified atom stereocenters. The van der Waals surface area contributed by atoms with Gasteiger partial charge in [0.05, 0.1) is 0 Å². The van der Waals surface area contributed by atoms with Gasteiger partial charge in [-0.1, -0.05) is 6.42 Å². The first kappa shape index (κ1) is 16.3. The summed E-state index contributed by atoms with van der Waals surface area (Å²) in [6, 6.07) is 1.64. The van der Waals surface area contributed by atoms with Crippen LogP contribution in [0.5, 0.6) is 0 Å². The first-order valence-corrected chi connectivity index (χ1v) is 9.17. The molecule has 7 nitrogen and oxygen atoms in total. The van der Waals surface area contributed by atoms with Crippen molar-refractivity contribution in [3.05, 3.63) is 28.9 Å². The minimum atomic E-state index is -0.415. The maximum Gasteiger partial charge on any atom is 0.347 e. The number of hydrogen-bond acceptors (Lipinski definition) is 4. The van der Waals surface area contributed by atoms with Crippen molar-refractivity contribution in [3.8, 4) is 0 Å². The quantitative estimate of drug-likeness (QED) is 0.800. The lowest BCUT2D eigenvalue weighted by Crippen LogP contribution is -2.41. The van der Waals surface area contributed by atoms with E-state index in [9.17, 15) is 14.4 Å². The third kappa shape index (κ3) is 3.07. The maximum absolute atomic E-state index is 12.7. The molecule has 0 bridgehead atoms. The second kappa shape index (κ2) is 6.28. The van der Waals surface area contributed by atoms with E-state index in [2.05, 4.69) is 4.98 Å². The highest BCUT2D eigenvalue weighted by Crippen LogP contribution is 2.65. The Labute approximate surface area is 146 Å². The zero-order valence-corrected chi connectivity index (χ0v) is 14.4. The number of aromatic nitrogens is 2. The van der Waals surface area contributed by atoms with Gasteiger partial charge in [0.15, 0.2) is 0 Å². The van der Waals surface area contributed by atoms with Gasteiger partial charge in [0, 0.05) is 44.5 Å². The van der Waals surface area contributed by atoms with E-state index >= 15 is 0 Å². The van der Waals surface area contributed by atoms with Crippen molar-refractivity contribution in [2.75, 3.05) is 26.2 Å². The van der Waals surface area contributed by atoms with Gasteiger partial charge >= 0.3 is 5.69 Å². The van der Waals surface area contributed by atoms with Crippen LogP contribution in [0.2, 0.25) is 0 Å². The third-order valence-corrected chi connectivity index (χ3v) is 6.09. The van der Waals surface area contributed by atoms with E-state index in [0.717, 1.165) is 19.4 Å². The molecule has 2 saturated carbocycles. The third-order valence-electron chi connectivity index (χ3n) is 6.09. The predicted molar refractivity (Wildman–Crippen MR) is 90.7 cm³/mol. The van der Waals surface area contributed by atoms with Gasteiger partial charge in [0.2, 0.25) is 11.8 Å². The van der Waals surface area contributed by atoms with Crippen LogP contribution in [0.15, 0.2) is 23.3 Å². The molecule has 1 spiro atoms. The number of hydrogen-bond donors (Lipinski definition) is 0. The summed E-state index contributed by atoms with van der Waals surface area (Å²) in [5.41, 5.74) is -0.0672. The van der Waals surface area contributed by atoms with E-state index in [0.29, 0.717) is 25.0 Å². The average molecular weight is 344 g/mol. The Hall–Kier alpha value is -2.18. The largest absolute Gasteiger partial charge is 0.347 e. The number of amides is 2. The highest BCUT2D eigenvalue weighted by Gasteiger charge is 2.61. The monoisotopic (exact) mass is 344 g/mol. The SMILES string of the molecule is O=C(Cn1cccnc1=O)N1CCCN(C(=O)C2CC23CCC3)CC1. The molecule has 1 atom stereocenters. The lowest BCUT2D eigenvalue weighted by molar-refractivity contribution is -0.135. The Morgan fingerprint density at radius 2 is 1.88 bits per heavy atom. The minimum Gasteiger partial charge on any atom is -0.341 e. The standard InChI is InChI=1S/C18H24N4O3/c23-15(13-22-7-2-6-19-17(22)25)20-8-3-9-21(11-10-20)16(24)14-12-18(14)4-1-5-18/h2,6-7,14H,1,3-5,8-13H2. The molecule has 0 radical (unpaired) electrons. The van der Waals surface area contributed by atoms with Gasteiger partial charge in [-0.2, -0.15) is 0 Å². The molecule has 4 rings (SSSR count). The topological polar surface area (TPSA) is 75.5 Å². The van der Waals surface area contributed by atoms with Crippen LogP contribution >= 0.6 is 0 Å². The summed E-state index contributed by atoms with van der Waals surface area (Å²) in [5.74, 6) is 0.432. The number of rotatable bonds is 3. The predicted octanol–water partition coefficient (Wildman–Crippen LogP) is 0.494. The lowest BCUT2D eigenvalue weighted by Gasteiger charge is -2.28. The van der Waals surface area contributed by atoms with Crippen LogP contribution in [-0.2, 0) is 16.1 Å². The second-order valence-corrected chi connectivity index (χ2v) is 7.56. The Kier molecular flexibility index (Phi) is 4.09. The summed E-state index contributed by atoms with van der Waals surface area (Å²) in [7, 11) is 0. The molecule has 134 valence electrons. The Balaban J connectivity index is 1.33. The van der Waals surface area contributed by atoms with E-state index in [1.54, 1.807) is 17.2 Å². The van der Waals surface area contributed by atoms with E-state index in [4.69, 9.17) is 0 Å². The van der Waals surface area contributed by atoms with Gasteiger partial charge in [-0.3, -0.25) is 14.2 Å². The van der Waals surface area contributed by atoms with Gasteiger partial charge in [0.1, 0.15) is 6.54 Å². The van der Waals surface area contributed by atoms with Crippen molar-refractivity contribution in [2.45, 2.75) is 38.6 Å². The average Bonchev–Trinajstić information content (AvgIpc) is 3.36. The molecule has 7 heteroatoms. The normalized spacial score (nSPS) is 24.6. The smallest absolute Gasteiger partial charge is 0.341 e. The Morgan fingerprint density at radius 3 is 2.56 bits per heavy atom. The highest BCUT2D eigenvalue weighted by atomic mass is 16.2. The molecular formula is C18H24N4O3. The summed E-state index contributed by atoms with van der Waals surface area (Å²) >= 11 is 0. The van der Waals surface area contributed by atoms with Crippen LogP contribution < -0.4 is 5.69 Å². The molecule has 1 aromatic rings. The van der Waals surface area contributed by atoms with E-state index < -0.39 is 5.69 Å². The van der Waals surface area contributed by atoms with Crippen LogP contribution in [-0.4, -0.2) is 57.3 Å². The van der Waals surface area contributed by atoms with Crippen LogP contribution in [0.1, 0.15) is 32.1 Å². The summed E-state index contributed by atoms with van der Waals surface area (Å²) < 4.78 is 1.32. The van der Waals surface area contributed by atoms with Gasteiger partial charge in [0.25, 0.3) is 0 Å². The van der Waals surface area contributed by atoms with Crippen molar-refractivity contribution in [3.63, 3.8) is 0 Å². The molecule has 1 aliphatic heterocycles. The van der Waals surface area contributed by atoms with Crippen LogP contribution in [0.4, 0.5) is 0 Å². The number of carbonyl (C=O) groups excluding carboxylic acids is 2. The fourth-order valence-electron chi connectivity index (χ4n) is 4.24. The van der Waals surface area contributed by atoms with Gasteiger partial charge < -0.3 is 9.80 Å². The molecule has 2 amide bonds. The van der Waals surface area contributed by atoms with Crippen LogP contribution in [0, 0.1) is 11.3 Å². The highest BCUT2D eigenvalue weighted by molar-refractivity contribution is 5.83. The van der Waals surface area contributed by atoms with Gasteiger partial charge in [-0.25, -0.2) is 9.78 Å². The molecule has 3 fully saturated rings. The number of nitrogens with zero attached hydrogens (tertiary/aromatic N) is 4. The summed E-state index contributed by atoms with van der Waals surface area (Å²) in [6.45, 7) is 2.50. The molecule has 2 aliphatic carbocycles. The zero-order valence-electron chi connectivity index (χ0n) is 14.4. The first-order chi connectivity index (χ1) is 12.1. The first-order valence-electron chi connectivity index (χ1n) is 9.17. The summed E-state index contributed by atoms with van der Waals surface area (Å²) in [5, 5.41) is 0. The molecule has 1 aromatic heterocycles. The van der Waals surface area contributed by atoms with Crippen molar-refractivity contribution in [1.29, 1.82) is 0 Å². The number of carbonyl (C=O) groups is 2. The van der Waals surface area contributed by atoms with Crippen LogP contribution in [0.25, 0.3) is 0 Å². The summed E-state index contributed by atoms with van der Waals surface area (Å²) in [4.78, 5) is 44.2. The fourth-order valence-corrected chi connectivity index (χ4v) is 4.24. The lowest BCUT2D eigenvalue weighted by atomic mass is 9.79. The second-order valence-electron chi connectivity index (χ2n) is 7.56. The van der Waals surface area contributed by atoms with E-state index in [-0.39, 0.29) is 24.3 Å². The Bertz CT molecular complexity index is 740. The summed E-state index contributed by atoms with van der Waals surface area (Å²) in [6.07, 6.45) is 8.54. The van der Waals surface area contributed by atoms with Gasteiger partial charge in [-0.05, 0) is 37.2 Å². The maximum atomic E-state index is 12.7. The van der Waals surface area contributed by atoms with Crippen molar-refractivity contribution in [2.24, 2.45) is 11.3 Å². The molecule has 0 N–H and O–H groups in total. The zero-order chi connectivity index (χ0) is 17.4. The van der Waals surface area contributed by atoms with Crippen molar-refractivity contribution >= 4 is 11.8 Å². The molecule has 3 aliphatic rings. The van der Waals surface area contributed by atoms with Crippen LogP contribution in [0.3, 0.4) is 0 Å². The van der Waals surface area contributed by atoms with Crippen molar-refractivity contribution in [1.82, 2.24) is 19.4 Å². The van der Waals surface area contributed by atoms with E-state index in [1.165, 1.54) is 30.0 Å².